The summed E-state index contributed by atoms with van der Waals surface area (Å²) in [5.74, 6) is 1.42. The van der Waals surface area contributed by atoms with E-state index in [1.807, 2.05) is 19.1 Å². The molecule has 2 fully saturated rings. The Labute approximate surface area is 215 Å². The van der Waals surface area contributed by atoms with Crippen molar-refractivity contribution in [2.45, 2.75) is 57.9 Å². The van der Waals surface area contributed by atoms with E-state index in [1.54, 1.807) is 0 Å². The second-order valence-electron chi connectivity index (χ2n) is 10.2. The molecule has 0 spiro atoms. The fourth-order valence-corrected chi connectivity index (χ4v) is 6.27. The highest BCUT2D eigenvalue weighted by molar-refractivity contribution is 6.30. The lowest BCUT2D eigenvalue weighted by Crippen LogP contribution is -2.55. The Bertz CT molecular complexity index is 1010. The van der Waals surface area contributed by atoms with Gasteiger partial charge in [0, 0.05) is 61.5 Å². The normalized spacial score (nSPS) is 21.6. The fraction of sp³-hybridized carbons (Fsp3) is 0.552. The Morgan fingerprint density at radius 3 is 2.51 bits per heavy atom. The molecule has 188 valence electrons. The molecule has 1 atom stereocenters. The van der Waals surface area contributed by atoms with E-state index in [0.29, 0.717) is 17.5 Å². The number of amides is 1. The van der Waals surface area contributed by atoms with Crippen molar-refractivity contribution >= 4 is 28.9 Å². The summed E-state index contributed by atoms with van der Waals surface area (Å²) in [5, 5.41) is 0.705. The number of halogens is 1. The van der Waals surface area contributed by atoms with Gasteiger partial charge < -0.3 is 14.5 Å². The smallest absolute Gasteiger partial charge is 0.230 e. The number of carbonyl (C=O) groups is 1. The third-order valence-corrected chi connectivity index (χ3v) is 8.19. The zero-order chi connectivity index (χ0) is 24.2. The lowest BCUT2D eigenvalue weighted by atomic mass is 9.86. The largest absolute Gasteiger partial charge is 0.492 e. The molecule has 35 heavy (non-hydrogen) atoms. The summed E-state index contributed by atoms with van der Waals surface area (Å²) in [5.41, 5.74) is 3.60. The van der Waals surface area contributed by atoms with Crippen molar-refractivity contribution in [2.24, 2.45) is 5.92 Å². The second-order valence-corrected chi connectivity index (χ2v) is 10.6. The average Bonchev–Trinajstić information content (AvgIpc) is 2.90. The van der Waals surface area contributed by atoms with Crippen LogP contribution in [-0.2, 0) is 11.2 Å². The highest BCUT2D eigenvalue weighted by Gasteiger charge is 2.36. The molecule has 3 aliphatic rings. The molecule has 0 aromatic heterocycles. The number of carbonyl (C=O) groups excluding carboxylic acids is 1. The zero-order valence-corrected chi connectivity index (χ0v) is 21.7. The molecule has 2 aromatic rings. The van der Waals surface area contributed by atoms with Crippen molar-refractivity contribution in [3.8, 4) is 5.75 Å². The van der Waals surface area contributed by atoms with E-state index in [-0.39, 0.29) is 12.0 Å². The van der Waals surface area contributed by atoms with Crippen LogP contribution in [0.3, 0.4) is 0 Å². The van der Waals surface area contributed by atoms with Gasteiger partial charge in [0.1, 0.15) is 5.75 Å². The number of benzene rings is 2. The van der Waals surface area contributed by atoms with Crippen LogP contribution in [-0.4, -0.2) is 56.2 Å². The SMILES string of the molecule is CCOc1cc(Cl)ccc1N1CCN(CC2CCc3ccccc3N2C(=O)C2CCCCC2)CC1. The Hall–Kier alpha value is -2.24. The number of para-hydroxylation sites is 1. The van der Waals surface area contributed by atoms with Crippen LogP contribution in [0.2, 0.25) is 5.02 Å². The molecule has 1 unspecified atom stereocenters. The van der Waals surface area contributed by atoms with Gasteiger partial charge in [0.05, 0.1) is 12.3 Å². The maximum atomic E-state index is 13.8. The van der Waals surface area contributed by atoms with E-state index < -0.39 is 0 Å². The van der Waals surface area contributed by atoms with Crippen LogP contribution in [0.4, 0.5) is 11.4 Å². The summed E-state index contributed by atoms with van der Waals surface area (Å²) in [7, 11) is 0. The maximum Gasteiger partial charge on any atom is 0.230 e. The van der Waals surface area contributed by atoms with Gasteiger partial charge in [-0.1, -0.05) is 49.1 Å². The standard InChI is InChI=1S/C29H38ClN3O2/c1-2-35-28-20-24(30)13-15-27(28)32-18-16-31(17-19-32)21-25-14-12-22-8-6-7-11-26(22)33(25)29(34)23-9-4-3-5-10-23/h6-8,11,13,15,20,23,25H,2-5,9-10,12,14,16-19,21H2,1H3. The molecule has 1 amide bonds. The van der Waals surface area contributed by atoms with E-state index in [9.17, 15) is 4.79 Å². The number of anilines is 2. The number of nitrogens with zero attached hydrogens (tertiary/aromatic N) is 3. The van der Waals surface area contributed by atoms with Crippen LogP contribution >= 0.6 is 11.6 Å². The summed E-state index contributed by atoms with van der Waals surface area (Å²) in [4.78, 5) is 21.0. The molecule has 0 radical (unpaired) electrons. The molecule has 5 nitrogen and oxygen atoms in total. The Morgan fingerprint density at radius 1 is 0.971 bits per heavy atom. The lowest BCUT2D eigenvalue weighted by molar-refractivity contribution is -0.124. The van der Waals surface area contributed by atoms with Crippen LogP contribution in [0.15, 0.2) is 42.5 Å². The molecule has 2 heterocycles. The van der Waals surface area contributed by atoms with Crippen molar-refractivity contribution < 1.29 is 9.53 Å². The third-order valence-electron chi connectivity index (χ3n) is 7.96. The van der Waals surface area contributed by atoms with Crippen LogP contribution in [0.5, 0.6) is 5.75 Å². The predicted molar refractivity (Wildman–Crippen MR) is 144 cm³/mol. The van der Waals surface area contributed by atoms with Crippen molar-refractivity contribution in [3.63, 3.8) is 0 Å². The van der Waals surface area contributed by atoms with Gasteiger partial charge in [-0.25, -0.2) is 0 Å². The highest BCUT2D eigenvalue weighted by Crippen LogP contribution is 2.36. The molecule has 1 saturated carbocycles. The highest BCUT2D eigenvalue weighted by atomic mass is 35.5. The van der Waals surface area contributed by atoms with Gasteiger partial charge in [-0.05, 0) is 56.4 Å². The average molecular weight is 496 g/mol. The first-order valence-electron chi connectivity index (χ1n) is 13.4. The maximum absolute atomic E-state index is 13.8. The summed E-state index contributed by atoms with van der Waals surface area (Å²) in [6.07, 6.45) is 7.84. The van der Waals surface area contributed by atoms with Gasteiger partial charge in [0.2, 0.25) is 5.91 Å². The topological polar surface area (TPSA) is 36.0 Å². The first-order valence-corrected chi connectivity index (χ1v) is 13.8. The van der Waals surface area contributed by atoms with Gasteiger partial charge in [0.15, 0.2) is 0 Å². The van der Waals surface area contributed by atoms with Crippen molar-refractivity contribution in [2.75, 3.05) is 49.1 Å². The molecular formula is C29H38ClN3O2. The predicted octanol–water partition coefficient (Wildman–Crippen LogP) is 5.79. The number of hydrogen-bond donors (Lipinski definition) is 0. The summed E-state index contributed by atoms with van der Waals surface area (Å²) < 4.78 is 5.87. The molecule has 1 saturated heterocycles. The van der Waals surface area contributed by atoms with Gasteiger partial charge in [-0.2, -0.15) is 0 Å². The molecule has 0 N–H and O–H groups in total. The van der Waals surface area contributed by atoms with Crippen molar-refractivity contribution in [3.05, 3.63) is 53.1 Å². The molecule has 0 bridgehead atoms. The zero-order valence-electron chi connectivity index (χ0n) is 20.9. The van der Waals surface area contributed by atoms with Crippen LogP contribution < -0.4 is 14.5 Å². The molecule has 2 aliphatic heterocycles. The number of ether oxygens (including phenoxy) is 1. The second kappa shape index (κ2) is 11.2. The van der Waals surface area contributed by atoms with Crippen LogP contribution in [0.1, 0.15) is 51.0 Å². The molecule has 2 aromatic carbocycles. The summed E-state index contributed by atoms with van der Waals surface area (Å²) in [6.45, 7) is 7.44. The van der Waals surface area contributed by atoms with Gasteiger partial charge >= 0.3 is 0 Å². The number of fused-ring (bicyclic) bond motifs is 1. The molecular weight excluding hydrogens is 458 g/mol. The third kappa shape index (κ3) is 5.46. The Balaban J connectivity index is 1.28. The van der Waals surface area contributed by atoms with Crippen LogP contribution in [0.25, 0.3) is 0 Å². The fourth-order valence-electron chi connectivity index (χ4n) is 6.11. The minimum Gasteiger partial charge on any atom is -0.492 e. The van der Waals surface area contributed by atoms with E-state index in [1.165, 1.54) is 24.8 Å². The van der Waals surface area contributed by atoms with Gasteiger partial charge in [-0.3, -0.25) is 9.69 Å². The summed E-state index contributed by atoms with van der Waals surface area (Å²) in [6, 6.07) is 14.7. The number of rotatable bonds is 6. The van der Waals surface area contributed by atoms with E-state index >= 15 is 0 Å². The Morgan fingerprint density at radius 2 is 1.74 bits per heavy atom. The first-order chi connectivity index (χ1) is 17.1. The Kier molecular flexibility index (Phi) is 7.84. The molecule has 1 aliphatic carbocycles. The lowest BCUT2D eigenvalue weighted by Gasteiger charge is -2.44. The monoisotopic (exact) mass is 495 g/mol. The summed E-state index contributed by atoms with van der Waals surface area (Å²) >= 11 is 6.22. The van der Waals surface area contributed by atoms with Crippen molar-refractivity contribution in [1.82, 2.24) is 4.90 Å². The number of hydrogen-bond acceptors (Lipinski definition) is 4. The van der Waals surface area contributed by atoms with Crippen LogP contribution in [0, 0.1) is 5.92 Å². The quantitative estimate of drug-likeness (QED) is 0.508. The van der Waals surface area contributed by atoms with Gasteiger partial charge in [0.25, 0.3) is 0 Å². The molecule has 6 heteroatoms. The molecule has 5 rings (SSSR count). The van der Waals surface area contributed by atoms with E-state index in [4.69, 9.17) is 16.3 Å². The minimum atomic E-state index is 0.191. The number of piperazine rings is 1. The van der Waals surface area contributed by atoms with Gasteiger partial charge in [-0.15, -0.1) is 0 Å². The van der Waals surface area contributed by atoms with E-state index in [2.05, 4.69) is 45.0 Å². The van der Waals surface area contributed by atoms with E-state index in [0.717, 1.165) is 75.5 Å². The minimum absolute atomic E-state index is 0.191. The number of aryl methyl sites for hydroxylation is 1. The van der Waals surface area contributed by atoms with Crippen molar-refractivity contribution in [1.29, 1.82) is 0 Å². The first kappa shape index (κ1) is 24.5.